The lowest BCUT2D eigenvalue weighted by atomic mass is 9.69. The van der Waals surface area contributed by atoms with Gasteiger partial charge < -0.3 is 17.7 Å². The average molecular weight is 305 g/mol. The van der Waals surface area contributed by atoms with Gasteiger partial charge in [-0.3, -0.25) is 0 Å². The zero-order valence-corrected chi connectivity index (χ0v) is 12.4. The summed E-state index contributed by atoms with van der Waals surface area (Å²) in [7, 11) is 2.17. The Labute approximate surface area is 124 Å². The number of hydrogen-bond acceptors (Lipinski definition) is 0. The molecule has 3 rings (SSSR count). The predicted molar refractivity (Wildman–Crippen MR) is 71.8 cm³/mol. The van der Waals surface area contributed by atoms with Crippen LogP contribution in [-0.2, 0) is 6.42 Å². The van der Waals surface area contributed by atoms with Gasteiger partial charge in [-0.25, -0.2) is 0 Å². The molecular formula is C14H16Cl3N. The summed E-state index contributed by atoms with van der Waals surface area (Å²) in [6, 6.07) is 4.80. The van der Waals surface area contributed by atoms with Crippen molar-refractivity contribution in [3.8, 4) is 0 Å². The average Bonchev–Trinajstić information content (AvgIpc) is 2.32. The largest absolute Gasteiger partial charge is 1.00 e. The van der Waals surface area contributed by atoms with E-state index in [0.717, 1.165) is 12.8 Å². The van der Waals surface area contributed by atoms with E-state index in [4.69, 9.17) is 23.2 Å². The van der Waals surface area contributed by atoms with Crippen LogP contribution >= 0.6 is 23.2 Å². The summed E-state index contributed by atoms with van der Waals surface area (Å²) < 4.78 is 0. The van der Waals surface area contributed by atoms with Crippen LogP contribution in [0.5, 0.6) is 0 Å². The molecule has 0 radical (unpaired) electrons. The van der Waals surface area contributed by atoms with Gasteiger partial charge in [-0.1, -0.05) is 35.4 Å². The number of benzene rings is 1. The summed E-state index contributed by atoms with van der Waals surface area (Å²) in [4.78, 5) is 0. The van der Waals surface area contributed by atoms with Crippen molar-refractivity contribution in [2.24, 2.45) is 5.92 Å². The lowest BCUT2D eigenvalue weighted by molar-refractivity contribution is -0.673. The van der Waals surface area contributed by atoms with Crippen LogP contribution in [0.4, 0.5) is 0 Å². The molecule has 0 amide bonds. The first-order chi connectivity index (χ1) is 8.20. The maximum Gasteiger partial charge on any atom is 0.0996 e. The maximum atomic E-state index is 6.15. The highest BCUT2D eigenvalue weighted by Gasteiger charge is 2.39. The molecule has 1 aromatic carbocycles. The maximum absolute atomic E-state index is 6.15. The van der Waals surface area contributed by atoms with Crippen LogP contribution in [0.2, 0.25) is 10.0 Å². The van der Waals surface area contributed by atoms with E-state index in [1.807, 2.05) is 0 Å². The quantitative estimate of drug-likeness (QED) is 0.691. The third-order valence-electron chi connectivity index (χ3n) is 4.15. The van der Waals surface area contributed by atoms with E-state index in [-0.39, 0.29) is 12.4 Å². The Morgan fingerprint density at radius 2 is 1.94 bits per heavy atom. The standard InChI is InChI=1S/C14H15Cl2N.ClH/c1-17-14-8-3-2-4-10(14)11-7-13(16)12(15)6-9(11)5-8;/h2-3,6-8,10,14,17H,4-5H2,1H3;1H/t8-,10-,14+;/m1./s1. The summed E-state index contributed by atoms with van der Waals surface area (Å²) in [5, 5.41) is 3.73. The fourth-order valence-electron chi connectivity index (χ4n) is 3.38. The Bertz CT molecular complexity index is 484. The van der Waals surface area contributed by atoms with Gasteiger partial charge in [0.1, 0.15) is 0 Å². The Morgan fingerprint density at radius 1 is 1.22 bits per heavy atom. The number of quaternary nitrogens is 1. The van der Waals surface area contributed by atoms with Gasteiger partial charge >= 0.3 is 0 Å². The second kappa shape index (κ2) is 5.42. The minimum atomic E-state index is 0. The summed E-state index contributed by atoms with van der Waals surface area (Å²) in [5.74, 6) is 1.23. The molecule has 0 aliphatic heterocycles. The Kier molecular flexibility index (Phi) is 4.28. The van der Waals surface area contributed by atoms with E-state index in [0.29, 0.717) is 27.9 Å². The predicted octanol–water partition coefficient (Wildman–Crippen LogP) is -0.225. The minimum absolute atomic E-state index is 0. The molecule has 4 heteroatoms. The van der Waals surface area contributed by atoms with Gasteiger partial charge in [0.2, 0.25) is 0 Å². The number of allylic oxidation sites excluding steroid dienone is 1. The van der Waals surface area contributed by atoms with Crippen LogP contribution in [0.25, 0.3) is 0 Å². The molecule has 3 atom stereocenters. The summed E-state index contributed by atoms with van der Waals surface area (Å²) in [6.07, 6.45) is 6.90. The van der Waals surface area contributed by atoms with Crippen molar-refractivity contribution >= 4 is 23.2 Å². The molecule has 0 fully saturated rings. The second-order valence-corrected chi connectivity index (χ2v) is 5.83. The summed E-state index contributed by atoms with van der Waals surface area (Å²) in [6.45, 7) is 0. The highest BCUT2D eigenvalue weighted by atomic mass is 35.5. The first kappa shape index (κ1) is 14.2. The van der Waals surface area contributed by atoms with Crippen molar-refractivity contribution in [1.29, 1.82) is 0 Å². The number of halogens is 3. The SMILES string of the molecule is C[NH2+][C@H]1[C@@H]2C=CC[C@@H]1c1cc(Cl)c(Cl)cc1C2.[Cl-]. The van der Waals surface area contributed by atoms with Crippen LogP contribution in [0, 0.1) is 5.92 Å². The van der Waals surface area contributed by atoms with Crippen molar-refractivity contribution in [2.45, 2.75) is 24.8 Å². The molecule has 1 nitrogen and oxygen atoms in total. The molecule has 2 bridgehead atoms. The van der Waals surface area contributed by atoms with E-state index >= 15 is 0 Å². The minimum Gasteiger partial charge on any atom is -1.00 e. The van der Waals surface area contributed by atoms with Crippen LogP contribution in [0.1, 0.15) is 23.5 Å². The van der Waals surface area contributed by atoms with Crippen LogP contribution in [-0.4, -0.2) is 13.1 Å². The van der Waals surface area contributed by atoms with Crippen LogP contribution in [0.3, 0.4) is 0 Å². The van der Waals surface area contributed by atoms with Crippen LogP contribution < -0.4 is 17.7 Å². The molecule has 18 heavy (non-hydrogen) atoms. The smallest absolute Gasteiger partial charge is 0.0996 e. The molecule has 98 valence electrons. The third-order valence-corrected chi connectivity index (χ3v) is 4.88. The lowest BCUT2D eigenvalue weighted by Gasteiger charge is -2.38. The zero-order chi connectivity index (χ0) is 12.0. The van der Waals surface area contributed by atoms with Gasteiger partial charge in [-0.05, 0) is 36.1 Å². The molecule has 2 N–H and O–H groups in total. The van der Waals surface area contributed by atoms with Crippen molar-refractivity contribution < 1.29 is 17.7 Å². The van der Waals surface area contributed by atoms with Gasteiger partial charge in [0.05, 0.1) is 23.1 Å². The molecule has 0 spiro atoms. The van der Waals surface area contributed by atoms with Gasteiger partial charge in [-0.2, -0.15) is 0 Å². The fourth-order valence-corrected chi connectivity index (χ4v) is 3.74. The summed E-state index contributed by atoms with van der Waals surface area (Å²) >= 11 is 12.3. The molecule has 0 aromatic heterocycles. The van der Waals surface area contributed by atoms with Crippen molar-refractivity contribution in [3.05, 3.63) is 45.5 Å². The monoisotopic (exact) mass is 303 g/mol. The number of hydrogen-bond donors (Lipinski definition) is 1. The van der Waals surface area contributed by atoms with Gasteiger partial charge in [0.15, 0.2) is 0 Å². The van der Waals surface area contributed by atoms with Crippen LogP contribution in [0.15, 0.2) is 24.3 Å². The number of fused-ring (bicyclic) bond motifs is 4. The Hall–Kier alpha value is -0.210. The zero-order valence-electron chi connectivity index (χ0n) is 10.2. The Morgan fingerprint density at radius 3 is 2.67 bits per heavy atom. The number of likely N-dealkylation sites (N-methyl/N-ethyl adjacent to an activating group) is 1. The van der Waals surface area contributed by atoms with E-state index in [2.05, 4.69) is 36.6 Å². The normalized spacial score (nSPS) is 28.5. The number of nitrogens with two attached hydrogens (primary N) is 1. The van der Waals surface area contributed by atoms with E-state index in [1.54, 1.807) is 0 Å². The van der Waals surface area contributed by atoms with E-state index in [9.17, 15) is 0 Å². The molecule has 2 aliphatic carbocycles. The molecule has 0 saturated heterocycles. The number of rotatable bonds is 1. The van der Waals surface area contributed by atoms with E-state index in [1.165, 1.54) is 11.1 Å². The highest BCUT2D eigenvalue weighted by molar-refractivity contribution is 6.42. The lowest BCUT2D eigenvalue weighted by Crippen LogP contribution is -3.00. The second-order valence-electron chi connectivity index (χ2n) is 5.01. The van der Waals surface area contributed by atoms with Crippen molar-refractivity contribution in [2.75, 3.05) is 7.05 Å². The molecule has 1 aromatic rings. The molecule has 0 saturated carbocycles. The van der Waals surface area contributed by atoms with Gasteiger partial charge in [-0.15, -0.1) is 0 Å². The van der Waals surface area contributed by atoms with E-state index < -0.39 is 0 Å². The topological polar surface area (TPSA) is 16.6 Å². The first-order valence-corrected chi connectivity index (χ1v) is 6.90. The molecule has 2 aliphatic rings. The molecular weight excluding hydrogens is 289 g/mol. The van der Waals surface area contributed by atoms with Gasteiger partial charge in [0, 0.05) is 11.8 Å². The Balaban J connectivity index is 0.00000120. The van der Waals surface area contributed by atoms with Gasteiger partial charge in [0.25, 0.3) is 0 Å². The third kappa shape index (κ3) is 2.18. The molecule has 0 heterocycles. The molecule has 0 unspecified atom stereocenters. The van der Waals surface area contributed by atoms with Crippen molar-refractivity contribution in [3.63, 3.8) is 0 Å². The van der Waals surface area contributed by atoms with Crippen molar-refractivity contribution in [1.82, 2.24) is 0 Å². The highest BCUT2D eigenvalue weighted by Crippen LogP contribution is 2.42. The first-order valence-electron chi connectivity index (χ1n) is 6.14. The fraction of sp³-hybridized carbons (Fsp3) is 0.429. The summed E-state index contributed by atoms with van der Waals surface area (Å²) in [5.41, 5.74) is 2.79.